The molecular formula is C27H47N7O10S2. The Kier molecular flexibility index (Phi) is 20.3. The molecule has 0 spiro atoms. The van der Waals surface area contributed by atoms with Gasteiger partial charge in [0.05, 0.1) is 12.6 Å². The number of rotatable bonds is 22. The van der Waals surface area contributed by atoms with Gasteiger partial charge in [0, 0.05) is 12.2 Å². The summed E-state index contributed by atoms with van der Waals surface area (Å²) < 4.78 is 0. The van der Waals surface area contributed by atoms with E-state index >= 15 is 0 Å². The summed E-state index contributed by atoms with van der Waals surface area (Å²) in [6.07, 6.45) is 1.34. The predicted octanol–water partition coefficient (Wildman–Crippen LogP) is -2.43. The van der Waals surface area contributed by atoms with Crippen LogP contribution in [0.2, 0.25) is 0 Å². The van der Waals surface area contributed by atoms with Crippen LogP contribution in [0.4, 0.5) is 0 Å². The zero-order valence-electron chi connectivity index (χ0n) is 26.6. The van der Waals surface area contributed by atoms with Gasteiger partial charge in [0.2, 0.25) is 35.4 Å². The van der Waals surface area contributed by atoms with Crippen LogP contribution in [0.3, 0.4) is 0 Å². The lowest BCUT2D eigenvalue weighted by Gasteiger charge is -2.24. The first-order valence-corrected chi connectivity index (χ1v) is 16.5. The lowest BCUT2D eigenvalue weighted by atomic mass is 10.0. The van der Waals surface area contributed by atoms with Gasteiger partial charge in [-0.05, 0) is 51.0 Å². The van der Waals surface area contributed by atoms with Gasteiger partial charge in [-0.2, -0.15) is 24.4 Å². The number of aliphatic carboxylic acids is 2. The van der Waals surface area contributed by atoms with E-state index in [1.54, 1.807) is 6.26 Å². The van der Waals surface area contributed by atoms with Crippen LogP contribution in [-0.4, -0.2) is 118 Å². The number of nitrogens with one attached hydrogen (secondary N) is 6. The summed E-state index contributed by atoms with van der Waals surface area (Å²) >= 11 is 5.30. The molecule has 0 fully saturated rings. The highest BCUT2D eigenvalue weighted by Crippen LogP contribution is 2.08. The quantitative estimate of drug-likeness (QED) is 0.0531. The van der Waals surface area contributed by atoms with E-state index in [1.165, 1.54) is 25.6 Å². The van der Waals surface area contributed by atoms with Gasteiger partial charge in [-0.3, -0.25) is 33.6 Å². The van der Waals surface area contributed by atoms with E-state index in [0.717, 1.165) is 0 Å². The highest BCUT2D eigenvalue weighted by molar-refractivity contribution is 7.98. The predicted molar refractivity (Wildman–Crippen MR) is 173 cm³/mol. The fourth-order valence-corrected chi connectivity index (χ4v) is 4.44. The van der Waals surface area contributed by atoms with Crippen LogP contribution >= 0.6 is 24.4 Å². The smallest absolute Gasteiger partial charge is 0.327 e. The minimum atomic E-state index is -1.37. The Morgan fingerprint density at radius 2 is 1.24 bits per heavy atom. The summed E-state index contributed by atoms with van der Waals surface area (Å²) in [6.45, 7) is 5.73. The van der Waals surface area contributed by atoms with Gasteiger partial charge in [-0.25, -0.2) is 4.79 Å². The first-order valence-electron chi connectivity index (χ1n) is 14.5. The Morgan fingerprint density at radius 3 is 1.74 bits per heavy atom. The summed E-state index contributed by atoms with van der Waals surface area (Å²) in [5.41, 5.74) is 5.58. The third-order valence-corrected chi connectivity index (χ3v) is 7.28. The van der Waals surface area contributed by atoms with Gasteiger partial charge in [0.15, 0.2) is 0 Å². The number of carboxylic acid groups (broad SMARTS) is 2. The maximum atomic E-state index is 13.0. The molecule has 6 unspecified atom stereocenters. The van der Waals surface area contributed by atoms with Crippen LogP contribution in [0.5, 0.6) is 0 Å². The molecule has 0 radical (unpaired) electrons. The average molecular weight is 694 g/mol. The van der Waals surface area contributed by atoms with E-state index in [2.05, 4.69) is 44.5 Å². The molecule has 0 aromatic rings. The van der Waals surface area contributed by atoms with Gasteiger partial charge in [0.1, 0.15) is 30.2 Å². The SMILES string of the molecule is CSCCC(NC(=O)C(C)NC(=O)CNC(=O)C(CCC(=O)O)NC(=O)C(CC(C)C)NC(=O)C(C)N)C(=O)NC(CS)C(=O)O. The lowest BCUT2D eigenvalue weighted by Crippen LogP contribution is -2.57. The van der Waals surface area contributed by atoms with Crippen LogP contribution in [-0.2, 0) is 38.4 Å². The molecule has 6 atom stereocenters. The number of nitrogens with two attached hydrogens (primary N) is 1. The average Bonchev–Trinajstić information content (AvgIpc) is 2.97. The molecule has 17 nitrogen and oxygen atoms in total. The number of carboxylic acids is 2. The molecule has 0 saturated heterocycles. The number of carbonyl (C=O) groups excluding carboxylic acids is 6. The van der Waals surface area contributed by atoms with Crippen molar-refractivity contribution in [1.82, 2.24) is 31.9 Å². The summed E-state index contributed by atoms with van der Waals surface area (Å²) in [6, 6.07) is -6.89. The second-order valence-electron chi connectivity index (χ2n) is 10.9. The molecule has 0 saturated carbocycles. The molecule has 6 amide bonds. The number of carbonyl (C=O) groups is 8. The van der Waals surface area contributed by atoms with E-state index in [1.807, 2.05) is 13.8 Å². The van der Waals surface area contributed by atoms with E-state index in [0.29, 0.717) is 5.75 Å². The van der Waals surface area contributed by atoms with Gasteiger partial charge < -0.3 is 47.8 Å². The molecule has 19 heteroatoms. The fraction of sp³-hybridized carbons (Fsp3) is 0.704. The number of thiol groups is 1. The Hall–Kier alpha value is -3.58. The van der Waals surface area contributed by atoms with Gasteiger partial charge in [-0.15, -0.1) is 0 Å². The molecule has 0 bridgehead atoms. The maximum absolute atomic E-state index is 13.0. The van der Waals surface area contributed by atoms with E-state index in [9.17, 15) is 43.5 Å². The Balaban J connectivity index is 5.39. The summed E-state index contributed by atoms with van der Waals surface area (Å²) in [4.78, 5) is 98.3. The fourth-order valence-electron chi connectivity index (χ4n) is 3.72. The summed E-state index contributed by atoms with van der Waals surface area (Å²) in [5.74, 6) is -6.81. The molecule has 0 aliphatic heterocycles. The Labute approximate surface area is 277 Å². The minimum absolute atomic E-state index is 0.0387. The highest BCUT2D eigenvalue weighted by Gasteiger charge is 2.30. The van der Waals surface area contributed by atoms with Crippen molar-refractivity contribution in [3.05, 3.63) is 0 Å². The van der Waals surface area contributed by atoms with Crippen LogP contribution < -0.4 is 37.6 Å². The number of hydrogen-bond acceptors (Lipinski definition) is 11. The molecule has 0 aliphatic rings. The number of hydrogen-bond donors (Lipinski definition) is 10. The molecule has 262 valence electrons. The molecule has 10 N–H and O–H groups in total. The van der Waals surface area contributed by atoms with E-state index in [4.69, 9.17) is 10.8 Å². The van der Waals surface area contributed by atoms with Crippen LogP contribution in [0.1, 0.15) is 53.4 Å². The van der Waals surface area contributed by atoms with Crippen molar-refractivity contribution in [3.8, 4) is 0 Å². The van der Waals surface area contributed by atoms with E-state index in [-0.39, 0.29) is 30.9 Å². The zero-order chi connectivity index (χ0) is 35.6. The molecular weight excluding hydrogens is 646 g/mol. The standard InChI is InChI=1S/C27H47N7O10S2/c1-13(2)10-18(33-22(38)14(3)28)26(42)32-16(6-7-21(36)37)24(40)29-11-20(35)30-15(4)23(39)31-17(8-9-46-5)25(41)34-19(12-45)27(43)44/h13-19,45H,6-12,28H2,1-5H3,(H,29,40)(H,30,35)(H,31,39)(H,32,42)(H,33,38)(H,34,41)(H,36,37)(H,43,44). The third-order valence-electron chi connectivity index (χ3n) is 6.27. The molecule has 0 rings (SSSR count). The molecule has 0 aromatic carbocycles. The largest absolute Gasteiger partial charge is 0.481 e. The van der Waals surface area contributed by atoms with Crippen molar-refractivity contribution < 1.29 is 48.6 Å². The Morgan fingerprint density at radius 1 is 0.717 bits per heavy atom. The first-order chi connectivity index (χ1) is 21.4. The number of thioether (sulfide) groups is 1. The number of amides is 6. The molecule has 0 aromatic heterocycles. The molecule has 0 aliphatic carbocycles. The summed E-state index contributed by atoms with van der Waals surface area (Å²) in [5, 5.41) is 32.6. The monoisotopic (exact) mass is 693 g/mol. The Bertz CT molecular complexity index is 1090. The second-order valence-corrected chi connectivity index (χ2v) is 12.3. The topological polar surface area (TPSA) is 275 Å². The van der Waals surface area contributed by atoms with Crippen molar-refractivity contribution in [2.45, 2.75) is 89.6 Å². The van der Waals surface area contributed by atoms with Crippen LogP contribution in [0.25, 0.3) is 0 Å². The van der Waals surface area contributed by atoms with Gasteiger partial charge in [-0.1, -0.05) is 13.8 Å². The van der Waals surface area contributed by atoms with Crippen molar-refractivity contribution in [3.63, 3.8) is 0 Å². The van der Waals surface area contributed by atoms with Crippen molar-refractivity contribution in [2.75, 3.05) is 24.3 Å². The molecule has 46 heavy (non-hydrogen) atoms. The van der Waals surface area contributed by atoms with Gasteiger partial charge in [0.25, 0.3) is 0 Å². The molecule has 0 heterocycles. The summed E-state index contributed by atoms with van der Waals surface area (Å²) in [7, 11) is 0. The zero-order valence-corrected chi connectivity index (χ0v) is 28.3. The maximum Gasteiger partial charge on any atom is 0.327 e. The highest BCUT2D eigenvalue weighted by atomic mass is 32.2. The normalized spacial score (nSPS) is 14.8. The minimum Gasteiger partial charge on any atom is -0.481 e. The third kappa shape index (κ3) is 17.2. The van der Waals surface area contributed by atoms with E-state index < -0.39 is 96.6 Å². The van der Waals surface area contributed by atoms with Crippen molar-refractivity contribution >= 4 is 71.8 Å². The van der Waals surface area contributed by atoms with Crippen LogP contribution in [0.15, 0.2) is 0 Å². The second kappa shape index (κ2) is 22.0. The lowest BCUT2D eigenvalue weighted by molar-refractivity contribution is -0.141. The van der Waals surface area contributed by atoms with Crippen molar-refractivity contribution in [1.29, 1.82) is 0 Å². The van der Waals surface area contributed by atoms with Crippen LogP contribution in [0, 0.1) is 5.92 Å². The first kappa shape index (κ1) is 42.4. The van der Waals surface area contributed by atoms with Crippen molar-refractivity contribution in [2.24, 2.45) is 11.7 Å². The van der Waals surface area contributed by atoms with Gasteiger partial charge >= 0.3 is 11.9 Å².